The third-order valence-corrected chi connectivity index (χ3v) is 5.96. The molecule has 1 heterocycles. The predicted molar refractivity (Wildman–Crippen MR) is 138 cm³/mol. The number of benzene rings is 3. The quantitative estimate of drug-likeness (QED) is 0.357. The van der Waals surface area contributed by atoms with Gasteiger partial charge in [0.15, 0.2) is 6.61 Å². The monoisotopic (exact) mass is 480 g/mol. The molecule has 1 aliphatic rings. The van der Waals surface area contributed by atoms with Crippen LogP contribution in [0.25, 0.3) is 16.9 Å². The number of hydrogen-bond acceptors (Lipinski definition) is 4. The van der Waals surface area contributed by atoms with Crippen LogP contribution in [0.3, 0.4) is 0 Å². The second kappa shape index (κ2) is 10.9. The molecule has 0 saturated heterocycles. The summed E-state index contributed by atoms with van der Waals surface area (Å²) in [6.07, 6.45) is 4.56. The lowest BCUT2D eigenvalue weighted by atomic mass is 10.1. The van der Waals surface area contributed by atoms with Gasteiger partial charge in [-0.1, -0.05) is 60.7 Å². The summed E-state index contributed by atoms with van der Waals surface area (Å²) in [4.78, 5) is 24.9. The molecule has 2 N–H and O–H groups in total. The zero-order chi connectivity index (χ0) is 24.7. The lowest BCUT2D eigenvalue weighted by Crippen LogP contribution is -2.30. The normalized spacial score (nSPS) is 12.7. The van der Waals surface area contributed by atoms with Gasteiger partial charge in [0.25, 0.3) is 11.8 Å². The molecule has 1 saturated carbocycles. The van der Waals surface area contributed by atoms with E-state index in [-0.39, 0.29) is 18.4 Å². The molecule has 1 aromatic heterocycles. The van der Waals surface area contributed by atoms with Gasteiger partial charge in [-0.2, -0.15) is 5.10 Å². The summed E-state index contributed by atoms with van der Waals surface area (Å²) in [5.74, 6) is 0.391. The molecule has 0 bridgehead atoms. The van der Waals surface area contributed by atoms with Crippen LogP contribution in [0.15, 0.2) is 91.1 Å². The van der Waals surface area contributed by atoms with Crippen molar-refractivity contribution in [2.45, 2.75) is 25.3 Å². The number of rotatable bonds is 10. The van der Waals surface area contributed by atoms with Crippen LogP contribution in [0.2, 0.25) is 0 Å². The summed E-state index contributed by atoms with van der Waals surface area (Å²) in [5.41, 5.74) is 4.01. The summed E-state index contributed by atoms with van der Waals surface area (Å²) < 4.78 is 7.29. The third-order valence-electron chi connectivity index (χ3n) is 5.96. The van der Waals surface area contributed by atoms with Gasteiger partial charge >= 0.3 is 0 Å². The smallest absolute Gasteiger partial charge is 0.258 e. The molecule has 3 aromatic carbocycles. The first-order valence-corrected chi connectivity index (χ1v) is 12.2. The van der Waals surface area contributed by atoms with Crippen molar-refractivity contribution in [3.63, 3.8) is 0 Å². The van der Waals surface area contributed by atoms with Gasteiger partial charge in [-0.3, -0.25) is 9.59 Å². The second-order valence-electron chi connectivity index (χ2n) is 8.82. The summed E-state index contributed by atoms with van der Waals surface area (Å²) in [6.45, 7) is 0.500. The Bertz CT molecular complexity index is 1310. The molecule has 7 heteroatoms. The Hall–Kier alpha value is -4.39. The summed E-state index contributed by atoms with van der Waals surface area (Å²) >= 11 is 0. The Morgan fingerprint density at radius 2 is 1.61 bits per heavy atom. The molecule has 0 aliphatic heterocycles. The first-order valence-electron chi connectivity index (χ1n) is 12.2. The van der Waals surface area contributed by atoms with E-state index in [1.165, 1.54) is 0 Å². The summed E-state index contributed by atoms with van der Waals surface area (Å²) in [7, 11) is 0. The van der Waals surface area contributed by atoms with Crippen LogP contribution in [0.5, 0.6) is 5.75 Å². The number of aromatic nitrogens is 2. The molecule has 0 radical (unpaired) electrons. The molecule has 7 nitrogen and oxygen atoms in total. The SMILES string of the molecule is O=C(COc1ccc(CCNC(=O)c2cn(-c3ccccc3)nc2-c2ccccc2)cc1)NC1CC1. The van der Waals surface area contributed by atoms with Gasteiger partial charge in [-0.25, -0.2) is 4.68 Å². The van der Waals surface area contributed by atoms with Gasteiger partial charge in [0, 0.05) is 24.3 Å². The Morgan fingerprint density at radius 3 is 2.31 bits per heavy atom. The van der Waals surface area contributed by atoms with E-state index in [0.717, 1.165) is 29.7 Å². The standard InChI is InChI=1S/C29H28N4O3/c34-27(31-23-13-14-23)20-36-25-15-11-21(12-16-25)17-18-30-29(35)26-19-33(24-9-5-2-6-10-24)32-28(26)22-7-3-1-4-8-22/h1-12,15-16,19,23H,13-14,17-18,20H2,(H,30,35)(H,31,34). The number of nitrogens with zero attached hydrogens (tertiary/aromatic N) is 2. The van der Waals surface area contributed by atoms with E-state index in [4.69, 9.17) is 9.84 Å². The zero-order valence-corrected chi connectivity index (χ0v) is 19.9. The maximum atomic E-state index is 13.1. The maximum absolute atomic E-state index is 13.1. The lowest BCUT2D eigenvalue weighted by molar-refractivity contribution is -0.123. The van der Waals surface area contributed by atoms with Crippen LogP contribution in [0.1, 0.15) is 28.8 Å². The van der Waals surface area contributed by atoms with Crippen LogP contribution in [0.4, 0.5) is 0 Å². The average Bonchev–Trinajstić information content (AvgIpc) is 3.62. The molecule has 1 aliphatic carbocycles. The van der Waals surface area contributed by atoms with Crippen LogP contribution in [-0.4, -0.2) is 40.8 Å². The van der Waals surface area contributed by atoms with Crippen molar-refractivity contribution in [2.24, 2.45) is 0 Å². The average molecular weight is 481 g/mol. The molecule has 4 aromatic rings. The summed E-state index contributed by atoms with van der Waals surface area (Å²) in [5, 5.41) is 10.6. The van der Waals surface area contributed by atoms with E-state index >= 15 is 0 Å². The van der Waals surface area contributed by atoms with Gasteiger partial charge in [-0.15, -0.1) is 0 Å². The van der Waals surface area contributed by atoms with E-state index in [1.54, 1.807) is 10.9 Å². The van der Waals surface area contributed by atoms with Crippen LogP contribution in [-0.2, 0) is 11.2 Å². The number of ether oxygens (including phenoxy) is 1. The second-order valence-corrected chi connectivity index (χ2v) is 8.82. The van der Waals surface area contributed by atoms with Crippen molar-refractivity contribution in [3.8, 4) is 22.7 Å². The molecular formula is C29H28N4O3. The number of amides is 2. The minimum Gasteiger partial charge on any atom is -0.484 e. The van der Waals surface area contributed by atoms with Crippen molar-refractivity contribution in [3.05, 3.63) is 102 Å². The van der Waals surface area contributed by atoms with Gasteiger partial charge in [-0.05, 0) is 49.1 Å². The largest absolute Gasteiger partial charge is 0.484 e. The minimum absolute atomic E-state index is 0.0202. The molecule has 2 amide bonds. The van der Waals surface area contributed by atoms with Crippen LogP contribution < -0.4 is 15.4 Å². The lowest BCUT2D eigenvalue weighted by Gasteiger charge is -2.08. The van der Waals surface area contributed by atoms with Crippen molar-refractivity contribution < 1.29 is 14.3 Å². The van der Waals surface area contributed by atoms with E-state index in [0.29, 0.717) is 36.0 Å². The fraction of sp³-hybridized carbons (Fsp3) is 0.207. The highest BCUT2D eigenvalue weighted by molar-refractivity contribution is 5.99. The van der Waals surface area contributed by atoms with E-state index in [2.05, 4.69) is 10.6 Å². The van der Waals surface area contributed by atoms with Gasteiger partial charge in [0.05, 0.1) is 11.3 Å². The Balaban J connectivity index is 1.20. The predicted octanol–water partition coefficient (Wildman–Crippen LogP) is 4.17. The highest BCUT2D eigenvalue weighted by atomic mass is 16.5. The number of carbonyl (C=O) groups is 2. The fourth-order valence-electron chi connectivity index (χ4n) is 3.88. The summed E-state index contributed by atoms with van der Waals surface area (Å²) in [6, 6.07) is 27.4. The number of carbonyl (C=O) groups excluding carboxylic acids is 2. The highest BCUT2D eigenvalue weighted by Crippen LogP contribution is 2.24. The van der Waals surface area contributed by atoms with Crippen LogP contribution in [0, 0.1) is 0 Å². The van der Waals surface area contributed by atoms with Crippen molar-refractivity contribution in [1.82, 2.24) is 20.4 Å². The van der Waals surface area contributed by atoms with Gasteiger partial charge < -0.3 is 15.4 Å². The van der Waals surface area contributed by atoms with Crippen LogP contribution >= 0.6 is 0 Å². The fourth-order valence-corrected chi connectivity index (χ4v) is 3.88. The Labute approximate surface area is 210 Å². The van der Waals surface area contributed by atoms with E-state index < -0.39 is 0 Å². The van der Waals surface area contributed by atoms with Crippen molar-refractivity contribution in [1.29, 1.82) is 0 Å². The molecular weight excluding hydrogens is 452 g/mol. The zero-order valence-electron chi connectivity index (χ0n) is 19.9. The Morgan fingerprint density at radius 1 is 0.917 bits per heavy atom. The molecule has 1 fully saturated rings. The molecule has 0 atom stereocenters. The molecule has 0 unspecified atom stereocenters. The molecule has 182 valence electrons. The molecule has 5 rings (SSSR count). The highest BCUT2D eigenvalue weighted by Gasteiger charge is 2.23. The topological polar surface area (TPSA) is 85.2 Å². The number of nitrogens with one attached hydrogen (secondary N) is 2. The molecule has 0 spiro atoms. The van der Waals surface area contributed by atoms with Crippen molar-refractivity contribution >= 4 is 11.8 Å². The molecule has 36 heavy (non-hydrogen) atoms. The van der Waals surface area contributed by atoms with E-state index in [1.807, 2.05) is 84.9 Å². The minimum atomic E-state index is -0.169. The number of para-hydroxylation sites is 1. The van der Waals surface area contributed by atoms with E-state index in [9.17, 15) is 9.59 Å². The maximum Gasteiger partial charge on any atom is 0.258 e. The van der Waals surface area contributed by atoms with Gasteiger partial charge in [0.2, 0.25) is 0 Å². The Kier molecular flexibility index (Phi) is 7.07. The first kappa shape index (κ1) is 23.4. The first-order chi connectivity index (χ1) is 17.7. The van der Waals surface area contributed by atoms with Gasteiger partial charge in [0.1, 0.15) is 11.4 Å². The third kappa shape index (κ3) is 5.99. The van der Waals surface area contributed by atoms with Crippen molar-refractivity contribution in [2.75, 3.05) is 13.2 Å². The number of hydrogen-bond donors (Lipinski definition) is 2.